The number of benzene rings is 4. The fourth-order valence-corrected chi connectivity index (χ4v) is 6.45. The van der Waals surface area contributed by atoms with Gasteiger partial charge in [-0.1, -0.05) is 79.7 Å². The third-order valence-corrected chi connectivity index (χ3v) is 8.68. The SMILES string of the molecule is CCCN(C(=O)NC)N1CC(=O)N2[C@@H](Cc3ccc(NC(=O)c4ccccc4)cc3)C(=O)N(Cc3cccc4ccccc34)C[C@@H]21. The zero-order valence-electron chi connectivity index (χ0n) is 26.1. The van der Waals surface area contributed by atoms with Crippen molar-refractivity contribution >= 4 is 40.2 Å². The summed E-state index contributed by atoms with van der Waals surface area (Å²) < 4.78 is 0. The van der Waals surface area contributed by atoms with Crippen LogP contribution in [0.4, 0.5) is 10.5 Å². The van der Waals surface area contributed by atoms with Crippen LogP contribution in [0.3, 0.4) is 0 Å². The first-order valence-electron chi connectivity index (χ1n) is 15.7. The maximum atomic E-state index is 14.3. The van der Waals surface area contributed by atoms with Crippen molar-refractivity contribution in [3.8, 4) is 0 Å². The highest BCUT2D eigenvalue weighted by atomic mass is 16.2. The molecule has 0 radical (unpaired) electrons. The number of nitrogens with zero attached hydrogens (tertiary/aromatic N) is 4. The molecule has 4 aromatic carbocycles. The molecular weight excluding hydrogens is 580 g/mol. The van der Waals surface area contributed by atoms with Crippen molar-refractivity contribution in [1.29, 1.82) is 0 Å². The van der Waals surface area contributed by atoms with Gasteiger partial charge in [-0.25, -0.2) is 4.79 Å². The molecule has 46 heavy (non-hydrogen) atoms. The number of carbonyl (C=O) groups is 4. The van der Waals surface area contributed by atoms with E-state index in [9.17, 15) is 19.2 Å². The van der Waals surface area contributed by atoms with Gasteiger partial charge in [-0.3, -0.25) is 19.4 Å². The molecule has 0 saturated carbocycles. The maximum absolute atomic E-state index is 14.3. The summed E-state index contributed by atoms with van der Waals surface area (Å²) in [5.41, 5.74) is 3.06. The van der Waals surface area contributed by atoms with Gasteiger partial charge in [0, 0.05) is 37.8 Å². The van der Waals surface area contributed by atoms with E-state index < -0.39 is 12.2 Å². The molecule has 2 heterocycles. The summed E-state index contributed by atoms with van der Waals surface area (Å²) in [5.74, 6) is -0.536. The average Bonchev–Trinajstić information content (AvgIpc) is 3.41. The first kappa shape index (κ1) is 30.8. The van der Waals surface area contributed by atoms with Crippen LogP contribution < -0.4 is 10.6 Å². The van der Waals surface area contributed by atoms with Crippen molar-refractivity contribution in [1.82, 2.24) is 25.1 Å². The van der Waals surface area contributed by atoms with Crippen molar-refractivity contribution in [2.45, 2.75) is 38.5 Å². The molecule has 236 valence electrons. The number of hydrogen-bond acceptors (Lipinski definition) is 5. The van der Waals surface area contributed by atoms with Crippen LogP contribution >= 0.6 is 0 Å². The van der Waals surface area contributed by atoms with E-state index in [0.29, 0.717) is 37.2 Å². The second-order valence-corrected chi connectivity index (χ2v) is 11.7. The highest BCUT2D eigenvalue weighted by Gasteiger charge is 2.52. The molecule has 2 atom stereocenters. The quantitative estimate of drug-likeness (QED) is 0.288. The number of rotatable bonds is 9. The largest absolute Gasteiger partial charge is 0.340 e. The molecule has 2 aliphatic rings. The lowest BCUT2D eigenvalue weighted by molar-refractivity contribution is -0.157. The topological polar surface area (TPSA) is 105 Å². The molecule has 0 spiro atoms. The molecule has 10 heteroatoms. The fraction of sp³-hybridized carbons (Fsp3) is 0.278. The standard InChI is InChI=1S/C36H38N6O4/c1-3-20-40(36(46)37-2)41-24-33(43)42-31(21-25-16-18-29(19-17-25)38-34(44)27-11-5-4-6-12-27)35(45)39(23-32(41)42)22-28-14-9-13-26-10-7-8-15-30(26)28/h4-19,31-32H,3,20-24H2,1-2H3,(H,37,46)(H,38,44)/t31-,32+/m0/s1. The Bertz CT molecular complexity index is 1740. The number of nitrogens with one attached hydrogen (secondary N) is 2. The second-order valence-electron chi connectivity index (χ2n) is 11.7. The predicted molar refractivity (Wildman–Crippen MR) is 176 cm³/mol. The first-order valence-corrected chi connectivity index (χ1v) is 15.7. The van der Waals surface area contributed by atoms with Gasteiger partial charge in [0.25, 0.3) is 5.91 Å². The molecule has 0 aromatic heterocycles. The van der Waals surface area contributed by atoms with Crippen LogP contribution in [0.25, 0.3) is 10.8 Å². The zero-order chi connectivity index (χ0) is 32.2. The van der Waals surface area contributed by atoms with Crippen molar-refractivity contribution in [3.63, 3.8) is 0 Å². The predicted octanol–water partition coefficient (Wildman–Crippen LogP) is 4.48. The smallest absolute Gasteiger partial charge is 0.331 e. The Morgan fingerprint density at radius 3 is 2.35 bits per heavy atom. The van der Waals surface area contributed by atoms with Gasteiger partial charge in [0.2, 0.25) is 11.8 Å². The molecule has 2 aliphatic heterocycles. The molecule has 4 aromatic rings. The van der Waals surface area contributed by atoms with Gasteiger partial charge in [-0.2, -0.15) is 5.01 Å². The monoisotopic (exact) mass is 618 g/mol. The summed E-state index contributed by atoms with van der Waals surface area (Å²) in [5, 5.41) is 11.2. The third-order valence-electron chi connectivity index (χ3n) is 8.68. The highest BCUT2D eigenvalue weighted by molar-refractivity contribution is 6.04. The van der Waals surface area contributed by atoms with Crippen LogP contribution in [0.5, 0.6) is 0 Å². The van der Waals surface area contributed by atoms with Crippen LogP contribution in [-0.4, -0.2) is 82.5 Å². The second kappa shape index (κ2) is 13.4. The van der Waals surface area contributed by atoms with E-state index in [2.05, 4.69) is 28.8 Å². The van der Waals surface area contributed by atoms with Crippen LogP contribution in [0.1, 0.15) is 34.8 Å². The summed E-state index contributed by atoms with van der Waals surface area (Å²) in [4.78, 5) is 57.0. The summed E-state index contributed by atoms with van der Waals surface area (Å²) in [6.45, 7) is 3.08. The van der Waals surface area contributed by atoms with Gasteiger partial charge >= 0.3 is 6.03 Å². The lowest BCUT2D eigenvalue weighted by Gasteiger charge is -2.46. The van der Waals surface area contributed by atoms with Gasteiger partial charge in [0.05, 0.1) is 13.1 Å². The minimum atomic E-state index is -0.760. The number of urea groups is 1. The lowest BCUT2D eigenvalue weighted by Crippen LogP contribution is -2.66. The Morgan fingerprint density at radius 1 is 0.891 bits per heavy atom. The van der Waals surface area contributed by atoms with E-state index in [4.69, 9.17) is 0 Å². The van der Waals surface area contributed by atoms with Crippen LogP contribution in [0.15, 0.2) is 97.1 Å². The minimum absolute atomic E-state index is 0.00836. The molecule has 10 nitrogen and oxygen atoms in total. The van der Waals surface area contributed by atoms with Crippen LogP contribution in [0.2, 0.25) is 0 Å². The normalized spacial score (nSPS) is 18.0. The molecule has 0 unspecified atom stereocenters. The number of piperazine rings is 1. The first-order chi connectivity index (χ1) is 22.4. The van der Waals surface area contributed by atoms with E-state index in [1.165, 1.54) is 0 Å². The maximum Gasteiger partial charge on any atom is 0.331 e. The van der Waals surface area contributed by atoms with Gasteiger partial charge in [-0.15, -0.1) is 0 Å². The van der Waals surface area contributed by atoms with E-state index >= 15 is 0 Å². The van der Waals surface area contributed by atoms with Crippen molar-refractivity contribution in [2.24, 2.45) is 0 Å². The van der Waals surface area contributed by atoms with Crippen molar-refractivity contribution in [3.05, 3.63) is 114 Å². The molecule has 6 rings (SSSR count). The molecule has 0 aliphatic carbocycles. The lowest BCUT2D eigenvalue weighted by atomic mass is 9.98. The number of amides is 5. The van der Waals surface area contributed by atoms with Gasteiger partial charge in [0.1, 0.15) is 12.2 Å². The Hall–Kier alpha value is -5.22. The average molecular weight is 619 g/mol. The zero-order valence-corrected chi connectivity index (χ0v) is 26.1. The number of anilines is 1. The summed E-state index contributed by atoms with van der Waals surface area (Å²) in [6, 6.07) is 29.5. The summed E-state index contributed by atoms with van der Waals surface area (Å²) in [6.07, 6.45) is 0.500. The Labute approximate surface area is 268 Å². The van der Waals surface area contributed by atoms with Crippen molar-refractivity contribution in [2.75, 3.05) is 32.0 Å². The van der Waals surface area contributed by atoms with Crippen molar-refractivity contribution < 1.29 is 19.2 Å². The number of fused-ring (bicyclic) bond motifs is 2. The van der Waals surface area contributed by atoms with E-state index in [0.717, 1.165) is 21.9 Å². The molecule has 5 amide bonds. The number of carbonyl (C=O) groups excluding carboxylic acids is 4. The van der Waals surface area contributed by atoms with Crippen LogP contribution in [0, 0.1) is 0 Å². The number of hydrazine groups is 1. The molecule has 2 saturated heterocycles. The fourth-order valence-electron chi connectivity index (χ4n) is 6.45. The van der Waals surface area contributed by atoms with Gasteiger partial charge in [-0.05, 0) is 52.6 Å². The number of hydrogen-bond donors (Lipinski definition) is 2. The van der Waals surface area contributed by atoms with Crippen LogP contribution in [-0.2, 0) is 22.6 Å². The minimum Gasteiger partial charge on any atom is -0.340 e. The van der Waals surface area contributed by atoms with E-state index in [1.54, 1.807) is 29.1 Å². The summed E-state index contributed by atoms with van der Waals surface area (Å²) in [7, 11) is 1.58. The Kier molecular flexibility index (Phi) is 8.98. The van der Waals surface area contributed by atoms with Gasteiger partial charge < -0.3 is 20.4 Å². The Balaban J connectivity index is 1.29. The highest BCUT2D eigenvalue weighted by Crippen LogP contribution is 2.31. The molecule has 2 N–H and O–H groups in total. The van der Waals surface area contributed by atoms with E-state index in [1.807, 2.05) is 83.6 Å². The molecule has 2 fully saturated rings. The Morgan fingerprint density at radius 2 is 1.61 bits per heavy atom. The third kappa shape index (κ3) is 6.16. The van der Waals surface area contributed by atoms with E-state index in [-0.39, 0.29) is 36.8 Å². The summed E-state index contributed by atoms with van der Waals surface area (Å²) >= 11 is 0. The molecule has 0 bridgehead atoms. The van der Waals surface area contributed by atoms with Gasteiger partial charge in [0.15, 0.2) is 0 Å². The molecular formula is C36H38N6O4.